The lowest BCUT2D eigenvalue weighted by atomic mass is 10.00. The van der Waals surface area contributed by atoms with Gasteiger partial charge in [0.15, 0.2) is 0 Å². The Hall–Kier alpha value is -2.43. The van der Waals surface area contributed by atoms with Crippen LogP contribution in [0.3, 0.4) is 0 Å². The maximum absolute atomic E-state index is 12.9. The normalized spacial score (nSPS) is 18.3. The second kappa shape index (κ2) is 8.25. The molecule has 11 heteroatoms. The van der Waals surface area contributed by atoms with Crippen molar-refractivity contribution in [3.8, 4) is 11.4 Å². The van der Waals surface area contributed by atoms with Gasteiger partial charge < -0.3 is 4.52 Å². The molecule has 1 saturated heterocycles. The van der Waals surface area contributed by atoms with Crippen molar-refractivity contribution < 1.29 is 26.1 Å². The zero-order chi connectivity index (χ0) is 22.2. The maximum Gasteiger partial charge on any atom is 0.416 e. The second-order valence-corrected chi connectivity index (χ2v) is 9.56. The molecule has 2 heterocycles. The summed E-state index contributed by atoms with van der Waals surface area (Å²) in [6.45, 7) is 0.365. The summed E-state index contributed by atoms with van der Waals surface area (Å²) in [5.74, 6) is 0.373. The third kappa shape index (κ3) is 4.60. The fourth-order valence-electron chi connectivity index (χ4n) is 3.44. The molecule has 0 spiro atoms. The van der Waals surface area contributed by atoms with Gasteiger partial charge in [0, 0.05) is 23.7 Å². The van der Waals surface area contributed by atoms with Crippen molar-refractivity contribution in [1.29, 1.82) is 0 Å². The summed E-state index contributed by atoms with van der Waals surface area (Å²) in [6, 6.07) is 10.4. The van der Waals surface area contributed by atoms with Crippen LogP contribution in [-0.4, -0.2) is 36.0 Å². The third-order valence-electron chi connectivity index (χ3n) is 5.10. The van der Waals surface area contributed by atoms with Crippen LogP contribution in [0, 0.1) is 0 Å². The number of halogens is 4. The van der Waals surface area contributed by atoms with Crippen molar-refractivity contribution in [3.63, 3.8) is 0 Å². The monoisotopic (exact) mass is 471 g/mol. The lowest BCUT2D eigenvalue weighted by molar-refractivity contribution is -0.137. The van der Waals surface area contributed by atoms with E-state index in [0.717, 1.165) is 24.3 Å². The van der Waals surface area contributed by atoms with E-state index in [1.54, 1.807) is 24.3 Å². The number of nitrogens with zero attached hydrogens (tertiary/aromatic N) is 3. The Kier molecular flexibility index (Phi) is 5.80. The van der Waals surface area contributed by atoms with Crippen molar-refractivity contribution in [1.82, 2.24) is 14.4 Å². The molecule has 0 N–H and O–H groups in total. The summed E-state index contributed by atoms with van der Waals surface area (Å²) < 4.78 is 70.8. The van der Waals surface area contributed by atoms with Gasteiger partial charge in [0.2, 0.25) is 21.7 Å². The minimum atomic E-state index is -4.53. The number of rotatable bonds is 4. The first-order valence-corrected chi connectivity index (χ1v) is 11.2. The summed E-state index contributed by atoms with van der Waals surface area (Å²) in [5.41, 5.74) is -0.187. The highest BCUT2D eigenvalue weighted by Crippen LogP contribution is 2.33. The highest BCUT2D eigenvalue weighted by atomic mass is 35.5. The molecule has 4 rings (SSSR count). The average molecular weight is 472 g/mol. The van der Waals surface area contributed by atoms with Crippen molar-refractivity contribution in [2.75, 3.05) is 13.1 Å². The topological polar surface area (TPSA) is 76.3 Å². The van der Waals surface area contributed by atoms with Crippen LogP contribution in [0.1, 0.15) is 30.2 Å². The van der Waals surface area contributed by atoms with Crippen LogP contribution in [-0.2, 0) is 16.2 Å². The number of hydrogen-bond acceptors (Lipinski definition) is 5. The minimum Gasteiger partial charge on any atom is -0.339 e. The SMILES string of the molecule is O=S(=O)(c1ccc(C(F)(F)F)cc1)N1CCC[C@H](c2nc(-c3ccc(Cl)cc3)no2)C1. The zero-order valence-electron chi connectivity index (χ0n) is 16.0. The molecule has 0 aliphatic carbocycles. The molecule has 1 aliphatic rings. The lowest BCUT2D eigenvalue weighted by Gasteiger charge is -2.30. The molecular formula is C20H17ClF3N3O3S. The minimum absolute atomic E-state index is 0.103. The van der Waals surface area contributed by atoms with Crippen molar-refractivity contribution in [3.05, 3.63) is 65.0 Å². The molecule has 0 amide bonds. The van der Waals surface area contributed by atoms with Crippen LogP contribution in [0.5, 0.6) is 0 Å². The van der Waals surface area contributed by atoms with E-state index >= 15 is 0 Å². The lowest BCUT2D eigenvalue weighted by Crippen LogP contribution is -2.39. The van der Waals surface area contributed by atoms with E-state index in [9.17, 15) is 21.6 Å². The fourth-order valence-corrected chi connectivity index (χ4v) is 5.09. The molecule has 3 aromatic rings. The molecular weight excluding hydrogens is 455 g/mol. The zero-order valence-corrected chi connectivity index (χ0v) is 17.6. The van der Waals surface area contributed by atoms with E-state index in [1.165, 1.54) is 4.31 Å². The van der Waals surface area contributed by atoms with Gasteiger partial charge in [0.25, 0.3) is 0 Å². The van der Waals surface area contributed by atoms with E-state index in [4.69, 9.17) is 16.1 Å². The molecule has 31 heavy (non-hydrogen) atoms. The smallest absolute Gasteiger partial charge is 0.339 e. The summed E-state index contributed by atoms with van der Waals surface area (Å²) >= 11 is 5.88. The summed E-state index contributed by atoms with van der Waals surface area (Å²) in [6.07, 6.45) is -3.32. The maximum atomic E-state index is 12.9. The van der Waals surface area contributed by atoms with Gasteiger partial charge in [0.05, 0.1) is 16.4 Å². The average Bonchev–Trinajstić information content (AvgIpc) is 3.24. The largest absolute Gasteiger partial charge is 0.416 e. The van der Waals surface area contributed by atoms with Gasteiger partial charge in [-0.25, -0.2) is 8.42 Å². The Labute approximate surface area is 181 Å². The number of alkyl halides is 3. The van der Waals surface area contributed by atoms with Crippen LogP contribution in [0.2, 0.25) is 5.02 Å². The highest BCUT2D eigenvalue weighted by Gasteiger charge is 2.35. The van der Waals surface area contributed by atoms with Gasteiger partial charge in [-0.2, -0.15) is 22.5 Å². The van der Waals surface area contributed by atoms with Gasteiger partial charge in [-0.3, -0.25) is 0 Å². The van der Waals surface area contributed by atoms with Crippen molar-refractivity contribution in [2.45, 2.75) is 29.8 Å². The molecule has 0 saturated carbocycles. The highest BCUT2D eigenvalue weighted by molar-refractivity contribution is 7.89. The van der Waals surface area contributed by atoms with Crippen LogP contribution >= 0.6 is 11.6 Å². The van der Waals surface area contributed by atoms with E-state index in [1.807, 2.05) is 0 Å². The Morgan fingerprint density at radius 3 is 2.39 bits per heavy atom. The summed E-state index contributed by atoms with van der Waals surface area (Å²) in [5, 5.41) is 4.54. The van der Waals surface area contributed by atoms with Crippen LogP contribution in [0.15, 0.2) is 57.9 Å². The molecule has 2 aromatic carbocycles. The molecule has 1 aromatic heterocycles. The van der Waals surface area contributed by atoms with E-state index in [2.05, 4.69) is 10.1 Å². The number of aromatic nitrogens is 2. The standard InChI is InChI=1S/C20H17ClF3N3O3S/c21-16-7-3-13(4-8-16)18-25-19(30-26-18)14-2-1-11-27(12-14)31(28,29)17-9-5-15(6-10-17)20(22,23)24/h3-10,14H,1-2,11-12H2/t14-/m0/s1. The van der Waals surface area contributed by atoms with Gasteiger partial charge in [-0.1, -0.05) is 16.8 Å². The van der Waals surface area contributed by atoms with Crippen LogP contribution in [0.25, 0.3) is 11.4 Å². The Balaban J connectivity index is 1.52. The second-order valence-electron chi connectivity index (χ2n) is 7.19. The molecule has 1 aliphatic heterocycles. The molecule has 1 fully saturated rings. The number of piperidine rings is 1. The molecule has 6 nitrogen and oxygen atoms in total. The van der Waals surface area contributed by atoms with Crippen molar-refractivity contribution in [2.24, 2.45) is 0 Å². The Bertz CT molecular complexity index is 1160. The molecule has 0 unspecified atom stereocenters. The van der Waals surface area contributed by atoms with Gasteiger partial charge >= 0.3 is 6.18 Å². The quantitative estimate of drug-likeness (QED) is 0.536. The molecule has 0 bridgehead atoms. The first kappa shape index (κ1) is 21.8. The number of sulfonamides is 1. The fraction of sp³-hybridized carbons (Fsp3) is 0.300. The molecule has 1 atom stereocenters. The summed E-state index contributed by atoms with van der Waals surface area (Å²) in [7, 11) is -3.95. The first-order valence-electron chi connectivity index (χ1n) is 9.41. The van der Waals surface area contributed by atoms with Crippen molar-refractivity contribution >= 4 is 21.6 Å². The Morgan fingerprint density at radius 2 is 1.74 bits per heavy atom. The van der Waals surface area contributed by atoms with E-state index in [0.29, 0.717) is 35.1 Å². The van der Waals surface area contributed by atoms with Gasteiger partial charge in [0.1, 0.15) is 0 Å². The predicted octanol–water partition coefficient (Wildman–Crippen LogP) is 4.98. The van der Waals surface area contributed by atoms with Crippen LogP contribution < -0.4 is 0 Å². The van der Waals surface area contributed by atoms with E-state index < -0.39 is 21.8 Å². The first-order chi connectivity index (χ1) is 14.6. The predicted molar refractivity (Wildman–Crippen MR) is 107 cm³/mol. The van der Waals surface area contributed by atoms with Gasteiger partial charge in [-0.15, -0.1) is 0 Å². The molecule has 0 radical (unpaired) electrons. The Morgan fingerprint density at radius 1 is 1.06 bits per heavy atom. The number of benzene rings is 2. The summed E-state index contributed by atoms with van der Waals surface area (Å²) in [4.78, 5) is 4.21. The van der Waals surface area contributed by atoms with Gasteiger partial charge in [-0.05, 0) is 61.4 Å². The number of hydrogen-bond donors (Lipinski definition) is 0. The van der Waals surface area contributed by atoms with Crippen LogP contribution in [0.4, 0.5) is 13.2 Å². The third-order valence-corrected chi connectivity index (χ3v) is 7.23. The molecule has 164 valence electrons. The van der Waals surface area contributed by atoms with E-state index in [-0.39, 0.29) is 23.9 Å².